The molecule has 2 saturated heterocycles. The Labute approximate surface area is 196 Å². The highest BCUT2D eigenvalue weighted by Crippen LogP contribution is 2.29. The molecule has 0 spiro atoms. The third-order valence-electron chi connectivity index (χ3n) is 6.12. The molecule has 1 aromatic carbocycles. The first-order valence-electron chi connectivity index (χ1n) is 11.2. The normalized spacial score (nSPS) is 19.0. The maximum Gasteiger partial charge on any atom is 0.301 e. The summed E-state index contributed by atoms with van der Waals surface area (Å²) in [5.74, 6) is -1.10. The number of carbonyl (C=O) groups is 1. The first-order chi connectivity index (χ1) is 16.4. The third kappa shape index (κ3) is 4.36. The first kappa shape index (κ1) is 22.7. The minimum atomic E-state index is -3.90. The molecule has 1 unspecified atom stereocenters. The van der Waals surface area contributed by atoms with Gasteiger partial charge in [-0.15, -0.1) is 0 Å². The van der Waals surface area contributed by atoms with Gasteiger partial charge in [-0.3, -0.25) is 9.52 Å². The number of hydrogen-bond donors (Lipinski definition) is 3. The molecule has 0 aliphatic carbocycles. The van der Waals surface area contributed by atoms with Crippen LogP contribution in [0.4, 0.5) is 15.9 Å². The van der Waals surface area contributed by atoms with Gasteiger partial charge in [0.2, 0.25) is 0 Å². The van der Waals surface area contributed by atoms with E-state index in [0.29, 0.717) is 36.5 Å². The zero-order valence-corrected chi connectivity index (χ0v) is 19.2. The van der Waals surface area contributed by atoms with E-state index in [1.165, 1.54) is 35.0 Å². The number of carbonyl (C=O) groups excluding carboxylic acids is 1. The Kier molecular flexibility index (Phi) is 6.19. The number of aromatic nitrogens is 3. The second kappa shape index (κ2) is 9.28. The summed E-state index contributed by atoms with van der Waals surface area (Å²) in [7, 11) is -3.90. The van der Waals surface area contributed by atoms with Gasteiger partial charge in [-0.2, -0.15) is 12.7 Å². The molecule has 0 saturated carbocycles. The molecule has 5 rings (SSSR count). The van der Waals surface area contributed by atoms with Crippen LogP contribution in [0.2, 0.25) is 0 Å². The van der Waals surface area contributed by atoms with Crippen LogP contribution >= 0.6 is 0 Å². The van der Waals surface area contributed by atoms with Gasteiger partial charge < -0.3 is 15.0 Å². The van der Waals surface area contributed by atoms with Crippen molar-refractivity contribution in [1.29, 1.82) is 0 Å². The number of rotatable bonds is 8. The molecule has 3 aromatic rings. The average Bonchev–Trinajstić information content (AvgIpc) is 3.60. The number of fused-ring (bicyclic) bond motifs is 1. The largest absolute Gasteiger partial charge is 0.376 e. The van der Waals surface area contributed by atoms with Gasteiger partial charge in [0.05, 0.1) is 28.3 Å². The number of aromatic amines is 1. The van der Waals surface area contributed by atoms with Gasteiger partial charge >= 0.3 is 10.2 Å². The Hall–Kier alpha value is -3.09. The van der Waals surface area contributed by atoms with Crippen LogP contribution < -0.4 is 10.0 Å². The summed E-state index contributed by atoms with van der Waals surface area (Å²) < 4.78 is 49.7. The second-order valence-corrected chi connectivity index (χ2v) is 10.0. The summed E-state index contributed by atoms with van der Waals surface area (Å²) in [6.07, 6.45) is 6.34. The van der Waals surface area contributed by atoms with Crippen LogP contribution in [0.25, 0.3) is 11.0 Å². The predicted molar refractivity (Wildman–Crippen MR) is 125 cm³/mol. The van der Waals surface area contributed by atoms with Crippen molar-refractivity contribution in [3.05, 3.63) is 47.7 Å². The molecule has 180 valence electrons. The number of ketones is 1. The van der Waals surface area contributed by atoms with Crippen molar-refractivity contribution in [2.75, 3.05) is 36.3 Å². The summed E-state index contributed by atoms with van der Waals surface area (Å²) >= 11 is 0. The number of hydrogen-bond acceptors (Lipinski definition) is 7. The van der Waals surface area contributed by atoms with Crippen LogP contribution in [0.15, 0.2) is 30.7 Å². The van der Waals surface area contributed by atoms with Crippen molar-refractivity contribution in [3.8, 4) is 0 Å². The minimum absolute atomic E-state index is 0.0564. The highest BCUT2D eigenvalue weighted by Gasteiger charge is 2.28. The van der Waals surface area contributed by atoms with Gasteiger partial charge in [-0.25, -0.2) is 14.4 Å². The molecule has 3 N–H and O–H groups in total. The van der Waals surface area contributed by atoms with Crippen molar-refractivity contribution in [3.63, 3.8) is 0 Å². The van der Waals surface area contributed by atoms with Crippen LogP contribution in [0, 0.1) is 5.82 Å². The Balaban J connectivity index is 1.44. The van der Waals surface area contributed by atoms with Crippen molar-refractivity contribution < 1.29 is 22.3 Å². The fourth-order valence-electron chi connectivity index (χ4n) is 4.36. The molecule has 12 heteroatoms. The monoisotopic (exact) mass is 488 g/mol. The Bertz CT molecular complexity index is 1320. The van der Waals surface area contributed by atoms with Gasteiger partial charge in [0, 0.05) is 32.4 Å². The number of nitrogens with zero attached hydrogens (tertiary/aromatic N) is 3. The molecule has 2 aliphatic rings. The van der Waals surface area contributed by atoms with E-state index in [4.69, 9.17) is 4.74 Å². The maximum atomic E-state index is 15.3. The molecule has 0 radical (unpaired) electrons. The van der Waals surface area contributed by atoms with E-state index in [2.05, 4.69) is 25.0 Å². The highest BCUT2D eigenvalue weighted by atomic mass is 32.2. The lowest BCUT2D eigenvalue weighted by Crippen LogP contribution is -2.33. The van der Waals surface area contributed by atoms with Gasteiger partial charge in [-0.05, 0) is 37.8 Å². The van der Waals surface area contributed by atoms with E-state index in [1.807, 2.05) is 0 Å². The first-order valence-corrected chi connectivity index (χ1v) is 12.7. The Morgan fingerprint density at radius 2 is 2.03 bits per heavy atom. The van der Waals surface area contributed by atoms with Crippen LogP contribution in [0.3, 0.4) is 0 Å². The molecule has 0 bridgehead atoms. The second-order valence-electron chi connectivity index (χ2n) is 8.37. The predicted octanol–water partition coefficient (Wildman–Crippen LogP) is 2.67. The zero-order valence-electron chi connectivity index (χ0n) is 18.4. The molecule has 2 fully saturated rings. The average molecular weight is 489 g/mol. The lowest BCUT2D eigenvalue weighted by molar-refractivity contribution is 0.103. The molecule has 34 heavy (non-hydrogen) atoms. The van der Waals surface area contributed by atoms with E-state index in [1.54, 1.807) is 0 Å². The van der Waals surface area contributed by atoms with E-state index < -0.39 is 21.8 Å². The quantitative estimate of drug-likeness (QED) is 0.416. The molecule has 1 atom stereocenters. The number of ether oxygens (including phenoxy) is 1. The number of anilines is 2. The molecule has 2 aromatic heterocycles. The standard InChI is InChI=1S/C22H25FN6O4S/c23-19-15(6-3-7-17(19)28-34(31,32)29-8-1-2-9-29)20(30)16-12-25-22-18(16)21(26-13-27-22)24-11-14-5-4-10-33-14/h3,6-7,12-14,28H,1-2,4-5,8-11H2,(H2,24,25,26,27). The Morgan fingerprint density at radius 1 is 1.21 bits per heavy atom. The third-order valence-corrected chi connectivity index (χ3v) is 7.65. The van der Waals surface area contributed by atoms with Crippen LogP contribution in [0.1, 0.15) is 41.6 Å². The van der Waals surface area contributed by atoms with Crippen molar-refractivity contribution in [1.82, 2.24) is 19.3 Å². The number of halogens is 1. The van der Waals surface area contributed by atoms with Gasteiger partial charge in [0.25, 0.3) is 0 Å². The number of H-pyrrole nitrogens is 1. The lowest BCUT2D eigenvalue weighted by atomic mass is 10.0. The molecule has 2 aliphatic heterocycles. The van der Waals surface area contributed by atoms with E-state index in [-0.39, 0.29) is 22.9 Å². The van der Waals surface area contributed by atoms with Crippen molar-refractivity contribution in [2.24, 2.45) is 0 Å². The summed E-state index contributed by atoms with van der Waals surface area (Å²) in [6.45, 7) is 2.00. The maximum absolute atomic E-state index is 15.3. The molecule has 10 nitrogen and oxygen atoms in total. The molecule has 0 amide bonds. The minimum Gasteiger partial charge on any atom is -0.376 e. The highest BCUT2D eigenvalue weighted by molar-refractivity contribution is 7.90. The lowest BCUT2D eigenvalue weighted by Gasteiger charge is -2.17. The summed E-state index contributed by atoms with van der Waals surface area (Å²) in [4.78, 5) is 24.7. The fraction of sp³-hybridized carbons (Fsp3) is 0.409. The van der Waals surface area contributed by atoms with E-state index in [9.17, 15) is 13.2 Å². The zero-order chi connectivity index (χ0) is 23.7. The van der Waals surface area contributed by atoms with Gasteiger partial charge in [0.15, 0.2) is 11.6 Å². The van der Waals surface area contributed by atoms with Crippen LogP contribution in [-0.2, 0) is 14.9 Å². The summed E-state index contributed by atoms with van der Waals surface area (Å²) in [5, 5.41) is 3.65. The number of nitrogens with one attached hydrogen (secondary N) is 3. The van der Waals surface area contributed by atoms with Crippen molar-refractivity contribution in [2.45, 2.75) is 31.8 Å². The smallest absolute Gasteiger partial charge is 0.301 e. The molecule has 4 heterocycles. The van der Waals surface area contributed by atoms with Gasteiger partial charge in [0.1, 0.15) is 17.8 Å². The number of benzene rings is 1. The van der Waals surface area contributed by atoms with Gasteiger partial charge in [-0.1, -0.05) is 6.07 Å². The van der Waals surface area contributed by atoms with Crippen LogP contribution in [0.5, 0.6) is 0 Å². The SMILES string of the molecule is O=C(c1cccc(NS(=O)(=O)N2CCCC2)c1F)c1c[nH]c2ncnc(NCC3CCCO3)c12. The topological polar surface area (TPSA) is 129 Å². The Morgan fingerprint density at radius 3 is 2.79 bits per heavy atom. The summed E-state index contributed by atoms with van der Waals surface area (Å²) in [5.41, 5.74) is 0.0883. The molecular formula is C22H25FN6O4S. The fourth-order valence-corrected chi connectivity index (χ4v) is 5.66. The van der Waals surface area contributed by atoms with E-state index >= 15 is 4.39 Å². The van der Waals surface area contributed by atoms with Crippen LogP contribution in [-0.4, -0.2) is 65.8 Å². The molecular weight excluding hydrogens is 463 g/mol. The van der Waals surface area contributed by atoms with Crippen molar-refractivity contribution >= 4 is 38.5 Å². The summed E-state index contributed by atoms with van der Waals surface area (Å²) in [6, 6.07) is 4.07. The van der Waals surface area contributed by atoms with E-state index in [0.717, 1.165) is 32.3 Å².